The Kier molecular flexibility index (Phi) is 310. The quantitative estimate of drug-likeness (QED) is 0.508. The molecule has 0 amide bonds. The van der Waals surface area contributed by atoms with Crippen LogP contribution in [-0.2, 0) is 27.5 Å². The molecule has 0 spiro atoms. The molecule has 0 rings (SSSR count). The van der Waals surface area contributed by atoms with Crippen molar-refractivity contribution < 1.29 is 36.9 Å². The molecule has 36 valence electrons. The second-order valence-corrected chi connectivity index (χ2v) is 0. The molecule has 0 aliphatic heterocycles. The van der Waals surface area contributed by atoms with Crippen molar-refractivity contribution in [3.8, 4) is 0 Å². The first kappa shape index (κ1) is 15.7. The summed E-state index contributed by atoms with van der Waals surface area (Å²) in [6.45, 7) is 0. The molecule has 0 aliphatic rings. The topological polar surface area (TPSA) is 63.2 Å². The molecule has 0 aromatic rings. The van der Waals surface area contributed by atoms with Crippen LogP contribution in [0.1, 0.15) is 0 Å². The van der Waals surface area contributed by atoms with Gasteiger partial charge in [0.25, 0.3) is 0 Å². The van der Waals surface area contributed by atoms with Crippen LogP contribution in [0.3, 0.4) is 0 Å². The summed E-state index contributed by atoms with van der Waals surface area (Å²) in [6, 6.07) is 0. The summed E-state index contributed by atoms with van der Waals surface area (Å²) in [5.74, 6) is 0. The van der Waals surface area contributed by atoms with Gasteiger partial charge in [-0.1, -0.05) is 0 Å². The third-order valence-electron chi connectivity index (χ3n) is 0. The molecule has 0 aromatic heterocycles. The zero-order chi connectivity index (χ0) is 6.00. The maximum atomic E-state index is 8.34. The third-order valence-corrected chi connectivity index (χ3v) is 0. The Balaban J connectivity index is -0.0000000225. The Bertz CT molecular complexity index is 8.75. The standard InChI is InChI=1S/2ClO.O.Zr/c2*1-2;;/q2*-1;;+2. The van der Waals surface area contributed by atoms with Gasteiger partial charge in [-0.25, -0.2) is 23.7 Å². The molecule has 0 saturated carbocycles. The summed E-state index contributed by atoms with van der Waals surface area (Å²) >= 11 is 7.08. The molecular weight excluding hydrogens is 210 g/mol. The molecule has 3 nitrogen and oxygen atoms in total. The van der Waals surface area contributed by atoms with Crippen molar-refractivity contribution in [1.29, 1.82) is 0 Å². The molecule has 0 fully saturated rings. The van der Waals surface area contributed by atoms with Gasteiger partial charge in [-0.15, -0.1) is 0 Å². The number of rotatable bonds is 0. The average Bonchev–Trinajstić information content (AvgIpc) is 1.81. The van der Waals surface area contributed by atoms with Crippen LogP contribution in [0.4, 0.5) is 0 Å². The van der Waals surface area contributed by atoms with Crippen molar-refractivity contribution in [2.45, 2.75) is 0 Å². The Labute approximate surface area is 60.5 Å². The van der Waals surface area contributed by atoms with Gasteiger partial charge >= 0.3 is 27.5 Å². The first-order valence-electron chi connectivity index (χ1n) is 0.513. The van der Waals surface area contributed by atoms with E-state index in [-0.39, 0.29) is 0 Å². The second-order valence-electron chi connectivity index (χ2n) is 0. The van der Waals surface area contributed by atoms with Crippen LogP contribution in [0.25, 0.3) is 0 Å². The van der Waals surface area contributed by atoms with Crippen LogP contribution in [0.5, 0.6) is 0 Å². The molecule has 6 heavy (non-hydrogen) atoms. The van der Waals surface area contributed by atoms with E-state index in [1.165, 1.54) is 0 Å². The summed E-state index contributed by atoms with van der Waals surface area (Å²) in [7, 11) is 0. The predicted molar refractivity (Wildman–Crippen MR) is 12.4 cm³/mol. The number of hydrogen-bond donors (Lipinski definition) is 0. The van der Waals surface area contributed by atoms with E-state index in [2.05, 4.69) is 23.7 Å². The van der Waals surface area contributed by atoms with E-state index in [0.29, 0.717) is 24.7 Å². The molecule has 0 N–H and O–H groups in total. The van der Waals surface area contributed by atoms with Crippen molar-refractivity contribution in [1.82, 2.24) is 0 Å². The van der Waals surface area contributed by atoms with Gasteiger partial charge in [-0.05, 0) is 0 Å². The monoisotopic (exact) mass is 208 g/mol. The van der Waals surface area contributed by atoms with Crippen LogP contribution in [0.2, 0.25) is 0 Å². The minimum atomic E-state index is 0.300. The van der Waals surface area contributed by atoms with Crippen LogP contribution >= 0.6 is 23.7 Å². The zero-order valence-electron chi connectivity index (χ0n) is 2.48. The van der Waals surface area contributed by atoms with Gasteiger partial charge in [0, 0.05) is 0 Å². The third kappa shape index (κ3) is 64.8. The molecular formula is Cl2O3Zr. The summed E-state index contributed by atoms with van der Waals surface area (Å²) in [5, 5.41) is 0. The first-order chi connectivity index (χ1) is 3.00. The van der Waals surface area contributed by atoms with E-state index in [4.69, 9.17) is 12.1 Å². The van der Waals surface area contributed by atoms with Gasteiger partial charge < -0.3 is 9.32 Å². The Morgan fingerprint density at radius 2 is 1.00 bits per heavy atom. The van der Waals surface area contributed by atoms with Crippen molar-refractivity contribution in [3.63, 3.8) is 0 Å². The van der Waals surface area contributed by atoms with Crippen LogP contribution < -0.4 is 9.32 Å². The van der Waals surface area contributed by atoms with E-state index >= 15 is 0 Å². The SMILES string of the molecule is [O-]Cl.[O-]Cl.[O]=[Zr+2]. The van der Waals surface area contributed by atoms with Crippen LogP contribution in [0.15, 0.2) is 0 Å². The molecule has 0 radical (unpaired) electrons. The van der Waals surface area contributed by atoms with Crippen molar-refractivity contribution in [2.24, 2.45) is 0 Å². The Hall–Kier alpha value is 1.18. The molecule has 0 aromatic carbocycles. The van der Waals surface area contributed by atoms with E-state index < -0.39 is 0 Å². The van der Waals surface area contributed by atoms with Crippen molar-refractivity contribution in [2.75, 3.05) is 0 Å². The fourth-order valence-electron chi connectivity index (χ4n) is 0. The fraction of sp³-hybridized carbons (Fsp3) is 0. The minimum absolute atomic E-state index is 0.300. The first-order valence-corrected chi connectivity index (χ1v) is 2.13. The van der Waals surface area contributed by atoms with Gasteiger partial charge in [0.1, 0.15) is 0 Å². The van der Waals surface area contributed by atoms with E-state index in [1.807, 2.05) is 0 Å². The number of halogens is 2. The van der Waals surface area contributed by atoms with Gasteiger partial charge in [0.2, 0.25) is 0 Å². The molecule has 0 aliphatic carbocycles. The summed E-state index contributed by atoms with van der Waals surface area (Å²) in [4.78, 5) is 0. The molecule has 0 heterocycles. The van der Waals surface area contributed by atoms with Gasteiger partial charge in [-0.2, -0.15) is 0 Å². The van der Waals surface area contributed by atoms with Crippen molar-refractivity contribution >= 4 is 23.7 Å². The van der Waals surface area contributed by atoms with E-state index in [9.17, 15) is 0 Å². The second kappa shape index (κ2) is 119. The van der Waals surface area contributed by atoms with Crippen LogP contribution in [0, 0.1) is 0 Å². The Morgan fingerprint density at radius 3 is 1.00 bits per heavy atom. The predicted octanol–water partition coefficient (Wildman–Crippen LogP) is -1.12. The summed E-state index contributed by atoms with van der Waals surface area (Å²) in [6.07, 6.45) is 0. The van der Waals surface area contributed by atoms with Gasteiger partial charge in [-0.3, -0.25) is 0 Å². The molecule has 0 atom stereocenters. The van der Waals surface area contributed by atoms with Crippen LogP contribution in [-0.4, -0.2) is 0 Å². The molecule has 0 bridgehead atoms. The zero-order valence-corrected chi connectivity index (χ0v) is 6.45. The molecule has 0 unspecified atom stereocenters. The average molecular weight is 210 g/mol. The molecule has 6 heteroatoms. The normalized spacial score (nSPS) is 3.00. The number of hydrogen-bond acceptors (Lipinski definition) is 3. The van der Waals surface area contributed by atoms with E-state index in [1.54, 1.807) is 0 Å². The van der Waals surface area contributed by atoms with Crippen molar-refractivity contribution in [3.05, 3.63) is 0 Å². The van der Waals surface area contributed by atoms with E-state index in [0.717, 1.165) is 0 Å². The van der Waals surface area contributed by atoms with Gasteiger partial charge in [0.15, 0.2) is 0 Å². The molecule has 0 saturated heterocycles. The summed E-state index contributed by atoms with van der Waals surface area (Å²) < 4.78 is 23.8. The summed E-state index contributed by atoms with van der Waals surface area (Å²) in [5.41, 5.74) is 0. The maximum absolute atomic E-state index is 8.34. The Morgan fingerprint density at radius 1 is 1.00 bits per heavy atom. The van der Waals surface area contributed by atoms with Gasteiger partial charge in [0.05, 0.1) is 0 Å². The fourth-order valence-corrected chi connectivity index (χ4v) is 0.